The Bertz CT molecular complexity index is 716. The Balaban J connectivity index is 0.000000298. The van der Waals surface area contributed by atoms with Crippen LogP contribution in [0.2, 0.25) is 0 Å². The Morgan fingerprint density at radius 2 is 0.615 bits per heavy atom. The fourth-order valence-corrected chi connectivity index (χ4v) is 4.89. The summed E-state index contributed by atoms with van der Waals surface area (Å²) in [7, 11) is -0.877. The molecule has 3 rings (SSSR count). The van der Waals surface area contributed by atoms with E-state index in [0.29, 0.717) is 0 Å². The Morgan fingerprint density at radius 3 is 0.808 bits per heavy atom. The summed E-state index contributed by atoms with van der Waals surface area (Å²) in [6.45, 7) is 0. The van der Waals surface area contributed by atoms with Crippen LogP contribution in [0, 0.1) is 0 Å². The van der Waals surface area contributed by atoms with E-state index in [0.717, 1.165) is 0 Å². The summed E-state index contributed by atoms with van der Waals surface area (Å²) in [6.07, 6.45) is 0. The molecule has 0 aliphatic heterocycles. The van der Waals surface area contributed by atoms with Crippen molar-refractivity contribution in [2.45, 2.75) is 0 Å². The van der Waals surface area contributed by atoms with Crippen LogP contribution in [0.15, 0.2) is 91.0 Å². The van der Waals surface area contributed by atoms with E-state index in [1.807, 2.05) is 0 Å². The average Bonchev–Trinajstić information content (AvgIpc) is 2.55. The van der Waals surface area contributed by atoms with Crippen molar-refractivity contribution in [3.05, 3.63) is 91.0 Å². The first-order valence-corrected chi connectivity index (χ1v) is 13.3. The van der Waals surface area contributed by atoms with Gasteiger partial charge in [0.25, 0.3) is 0 Å². The molecule has 3 aromatic carbocycles. The molecular formula is C18H16AsF6P. The molecule has 3 aromatic rings. The van der Waals surface area contributed by atoms with Crippen molar-refractivity contribution in [3.63, 3.8) is 0 Å². The van der Waals surface area contributed by atoms with Gasteiger partial charge in [-0.2, -0.15) is 0 Å². The fraction of sp³-hybridized carbons (Fsp3) is 0. The molecule has 0 fully saturated rings. The van der Waals surface area contributed by atoms with Gasteiger partial charge in [0.15, 0.2) is 0 Å². The molecule has 0 amide bonds. The quantitative estimate of drug-likeness (QED) is 0.287. The smallest absolute Gasteiger partial charge is 0.0620 e. The summed E-state index contributed by atoms with van der Waals surface area (Å²) in [5, 5.41) is 4.31. The van der Waals surface area contributed by atoms with Crippen molar-refractivity contribution >= 4 is 38.0 Å². The van der Waals surface area contributed by atoms with E-state index in [1.54, 1.807) is 0 Å². The van der Waals surface area contributed by atoms with Crippen molar-refractivity contribution in [2.75, 3.05) is 0 Å². The van der Waals surface area contributed by atoms with E-state index in [2.05, 4.69) is 91.0 Å². The summed E-state index contributed by atoms with van der Waals surface area (Å²) in [5.41, 5.74) is 0. The minimum Gasteiger partial charge on any atom is -0.0620 e. The first-order chi connectivity index (χ1) is 11.9. The average molecular weight is 452 g/mol. The monoisotopic (exact) mass is 452 g/mol. The van der Waals surface area contributed by atoms with Crippen molar-refractivity contribution in [2.24, 2.45) is 0 Å². The minimum absolute atomic E-state index is 0.877. The van der Waals surface area contributed by atoms with Crippen molar-refractivity contribution < 1.29 is 20.8 Å². The van der Waals surface area contributed by atoms with Gasteiger partial charge in [0.1, 0.15) is 15.9 Å². The van der Waals surface area contributed by atoms with Gasteiger partial charge in [0.05, 0.1) is 7.92 Å². The van der Waals surface area contributed by atoms with Gasteiger partial charge in [-0.15, -0.1) is 0 Å². The van der Waals surface area contributed by atoms with Gasteiger partial charge in [0.2, 0.25) is 0 Å². The zero-order chi connectivity index (χ0) is 19.3. The third kappa shape index (κ3) is 8.55. The maximum atomic E-state index is 9.91. The zero-order valence-electron chi connectivity index (χ0n) is 13.4. The Kier molecular flexibility index (Phi) is 5.60. The number of rotatable bonds is 3. The molecule has 0 heterocycles. The molecule has 0 nitrogen and oxygen atoms in total. The maximum Gasteiger partial charge on any atom is 0.102 e. The van der Waals surface area contributed by atoms with Gasteiger partial charge in [-0.3, -0.25) is 0 Å². The van der Waals surface area contributed by atoms with E-state index < -0.39 is 22.1 Å². The second-order valence-electron chi connectivity index (χ2n) is 5.43. The molecule has 8 heteroatoms. The van der Waals surface area contributed by atoms with Crippen LogP contribution in [-0.2, 0) is 0 Å². The van der Waals surface area contributed by atoms with Gasteiger partial charge >= 0.3 is 35.0 Å². The molecule has 0 bridgehead atoms. The van der Waals surface area contributed by atoms with E-state index in [-0.39, 0.29) is 0 Å². The fourth-order valence-electron chi connectivity index (χ4n) is 2.31. The first kappa shape index (κ1) is 20.5. The van der Waals surface area contributed by atoms with Gasteiger partial charge in [-0.25, -0.2) is 0 Å². The van der Waals surface area contributed by atoms with Gasteiger partial charge in [-0.05, 0) is 36.4 Å². The first-order valence-electron chi connectivity index (χ1n) is 7.50. The SMILES string of the molecule is F[As-](F)(F)(F)(F)F.c1ccc([PH+](c2ccccc2)c2ccccc2)cc1. The minimum atomic E-state index is -11.1. The molecule has 0 unspecified atom stereocenters. The predicted octanol–water partition coefficient (Wildman–Crippen LogP) is 5.32. The normalized spacial score (nSPS) is 14.0. The van der Waals surface area contributed by atoms with Crippen molar-refractivity contribution in [1.29, 1.82) is 0 Å². The molecule has 140 valence electrons. The molecule has 0 aliphatic rings. The van der Waals surface area contributed by atoms with E-state index in [1.165, 1.54) is 15.9 Å². The Morgan fingerprint density at radius 1 is 0.423 bits per heavy atom. The largest absolute Gasteiger partial charge is 0.102 e. The van der Waals surface area contributed by atoms with Crippen LogP contribution in [-0.4, -0.2) is 14.2 Å². The molecule has 0 atom stereocenters. The molecular weight excluding hydrogens is 436 g/mol. The summed E-state index contributed by atoms with van der Waals surface area (Å²) in [5.74, 6) is 0. The molecule has 0 N–H and O–H groups in total. The molecule has 0 aliphatic carbocycles. The molecule has 0 spiro atoms. The standard InChI is InChI=1S/C18H15P.AsF6/c1-4-10-16(11-5-1)19(17-12-6-2-7-13-17)18-14-8-3-9-15-18;2-1(3,4,5,6)7/h1-15H;/q;-1/p+1. The molecule has 0 saturated heterocycles. The second-order valence-corrected chi connectivity index (χ2v) is 11.9. The molecule has 0 saturated carbocycles. The van der Waals surface area contributed by atoms with Crippen LogP contribution in [0.4, 0.5) is 20.8 Å². The van der Waals surface area contributed by atoms with Crippen LogP contribution < -0.4 is 15.9 Å². The van der Waals surface area contributed by atoms with Gasteiger partial charge in [-0.1, -0.05) is 54.6 Å². The van der Waals surface area contributed by atoms with Gasteiger partial charge < -0.3 is 0 Å². The number of hydrogen-bond donors (Lipinski definition) is 0. The Labute approximate surface area is 150 Å². The topological polar surface area (TPSA) is 0 Å². The molecule has 0 aromatic heterocycles. The van der Waals surface area contributed by atoms with E-state index >= 15 is 0 Å². The van der Waals surface area contributed by atoms with Crippen molar-refractivity contribution in [1.82, 2.24) is 0 Å². The van der Waals surface area contributed by atoms with Gasteiger partial charge in [0, 0.05) is 0 Å². The van der Waals surface area contributed by atoms with Crippen molar-refractivity contribution in [3.8, 4) is 0 Å². The van der Waals surface area contributed by atoms with Crippen LogP contribution in [0.1, 0.15) is 0 Å². The van der Waals surface area contributed by atoms with Crippen LogP contribution >= 0.6 is 7.92 Å². The van der Waals surface area contributed by atoms with E-state index in [9.17, 15) is 20.8 Å². The summed E-state index contributed by atoms with van der Waals surface area (Å²) in [4.78, 5) is 0. The predicted molar refractivity (Wildman–Crippen MR) is 98.9 cm³/mol. The Hall–Kier alpha value is -1.77. The molecule has 0 radical (unpaired) electrons. The summed E-state index contributed by atoms with van der Waals surface area (Å²) < 4.78 is 59.4. The number of halogens is 6. The number of hydrogen-bond acceptors (Lipinski definition) is 0. The van der Waals surface area contributed by atoms with Crippen LogP contribution in [0.5, 0.6) is 0 Å². The summed E-state index contributed by atoms with van der Waals surface area (Å²) in [6, 6.07) is 32.5. The molecule has 26 heavy (non-hydrogen) atoms. The zero-order valence-corrected chi connectivity index (χ0v) is 16.3. The third-order valence-corrected chi connectivity index (χ3v) is 5.92. The number of benzene rings is 3. The van der Waals surface area contributed by atoms with E-state index in [4.69, 9.17) is 0 Å². The van der Waals surface area contributed by atoms with Crippen LogP contribution in [0.3, 0.4) is 0 Å². The van der Waals surface area contributed by atoms with Crippen LogP contribution in [0.25, 0.3) is 0 Å². The second kappa shape index (κ2) is 7.09. The summed E-state index contributed by atoms with van der Waals surface area (Å²) >= 11 is -11.1. The third-order valence-electron chi connectivity index (χ3n) is 3.19. The maximum absolute atomic E-state index is 11.1.